The highest BCUT2D eigenvalue weighted by Gasteiger charge is 2.47. The predicted molar refractivity (Wildman–Crippen MR) is 45.1 cm³/mol. The third kappa shape index (κ3) is 1.92. The molecule has 0 bridgehead atoms. The van der Waals surface area contributed by atoms with E-state index in [4.69, 9.17) is 15.7 Å². The molecule has 1 amide bonds. The van der Waals surface area contributed by atoms with E-state index in [2.05, 4.69) is 10.0 Å². The number of carboxylic acid groups (broad SMARTS) is 2. The van der Waals surface area contributed by atoms with Gasteiger partial charge >= 0.3 is 12.1 Å². The second-order valence-corrected chi connectivity index (χ2v) is 2.98. The van der Waals surface area contributed by atoms with E-state index in [1.54, 1.807) is 0 Å². The Morgan fingerprint density at radius 2 is 2.07 bits per heavy atom. The number of hydrogen-bond acceptors (Lipinski definition) is 4. The minimum absolute atomic E-state index is 0.379. The number of aliphatic hydroxyl groups is 1. The highest BCUT2D eigenvalue weighted by molar-refractivity contribution is 5.81. The average molecular weight is 216 g/mol. The van der Waals surface area contributed by atoms with Crippen LogP contribution in [0.3, 0.4) is 0 Å². The second-order valence-electron chi connectivity index (χ2n) is 2.98. The summed E-state index contributed by atoms with van der Waals surface area (Å²) in [6.07, 6.45) is -2.77. The molecule has 1 aliphatic heterocycles. The molecule has 0 aliphatic carbocycles. The Hall–Kier alpha value is -1.99. The smallest absolute Gasteiger partial charge is 0.408 e. The van der Waals surface area contributed by atoms with E-state index in [0.717, 1.165) is 0 Å². The van der Waals surface area contributed by atoms with E-state index in [9.17, 15) is 14.7 Å². The van der Waals surface area contributed by atoms with E-state index in [1.807, 2.05) is 0 Å². The summed E-state index contributed by atoms with van der Waals surface area (Å²) in [5, 5.41) is 29.8. The van der Waals surface area contributed by atoms with Crippen molar-refractivity contribution in [3.05, 3.63) is 10.4 Å². The largest absolute Gasteiger partial charge is 0.480 e. The number of amides is 1. The number of aliphatic hydroxyl groups excluding tert-OH is 1. The van der Waals surface area contributed by atoms with E-state index < -0.39 is 30.3 Å². The van der Waals surface area contributed by atoms with Crippen molar-refractivity contribution >= 4 is 12.1 Å². The molecule has 0 aromatic heterocycles. The maximum absolute atomic E-state index is 10.7. The summed E-state index contributed by atoms with van der Waals surface area (Å²) >= 11 is 0. The second kappa shape index (κ2) is 4.03. The van der Waals surface area contributed by atoms with Gasteiger partial charge in [-0.05, 0) is 5.53 Å². The van der Waals surface area contributed by atoms with Crippen LogP contribution < -0.4 is 0 Å². The van der Waals surface area contributed by atoms with Gasteiger partial charge in [0.2, 0.25) is 0 Å². The van der Waals surface area contributed by atoms with Crippen molar-refractivity contribution in [2.24, 2.45) is 5.11 Å². The minimum Gasteiger partial charge on any atom is -0.480 e. The molecule has 15 heavy (non-hydrogen) atoms. The number of carboxylic acids is 1. The Kier molecular flexibility index (Phi) is 2.98. The van der Waals surface area contributed by atoms with Gasteiger partial charge in [0.05, 0.1) is 18.7 Å². The highest BCUT2D eigenvalue weighted by Crippen LogP contribution is 2.22. The Bertz CT molecular complexity index is 338. The number of β-amino-alcohol motifs (C(OH)–C–C–N with tert-alkyl or cyclic N) is 1. The molecule has 0 aromatic carbocycles. The lowest BCUT2D eigenvalue weighted by Crippen LogP contribution is -2.44. The monoisotopic (exact) mass is 216 g/mol. The molecule has 0 saturated carbocycles. The van der Waals surface area contributed by atoms with Crippen molar-refractivity contribution < 1.29 is 24.9 Å². The maximum atomic E-state index is 10.7. The summed E-state index contributed by atoms with van der Waals surface area (Å²) in [4.78, 5) is 24.3. The Labute approximate surface area is 83.2 Å². The summed E-state index contributed by atoms with van der Waals surface area (Å²) in [5.74, 6) is -1.45. The summed E-state index contributed by atoms with van der Waals surface area (Å²) in [7, 11) is 0. The quantitative estimate of drug-likeness (QED) is 0.322. The summed E-state index contributed by atoms with van der Waals surface area (Å²) < 4.78 is 0. The van der Waals surface area contributed by atoms with Crippen LogP contribution in [0.2, 0.25) is 0 Å². The summed E-state index contributed by atoms with van der Waals surface area (Å²) in [5.41, 5.74) is 8.16. The average Bonchev–Trinajstić information content (AvgIpc) is 2.45. The number of rotatable bonds is 2. The van der Waals surface area contributed by atoms with Gasteiger partial charge in [0.1, 0.15) is 6.04 Å². The maximum Gasteiger partial charge on any atom is 0.408 e. The number of nitrogens with zero attached hydrogens (tertiary/aromatic N) is 4. The number of azide groups is 1. The number of carbonyl (C=O) groups is 2. The van der Waals surface area contributed by atoms with Crippen LogP contribution in [0.1, 0.15) is 0 Å². The van der Waals surface area contributed by atoms with E-state index in [-0.39, 0.29) is 6.54 Å². The fraction of sp³-hybridized carbons (Fsp3) is 0.667. The van der Waals surface area contributed by atoms with Crippen LogP contribution in [-0.2, 0) is 4.79 Å². The molecule has 82 valence electrons. The fourth-order valence-electron chi connectivity index (χ4n) is 1.49. The Morgan fingerprint density at radius 3 is 2.47 bits per heavy atom. The van der Waals surface area contributed by atoms with Crippen molar-refractivity contribution in [3.63, 3.8) is 0 Å². The molecular formula is C6H8N4O5. The molecule has 0 unspecified atom stereocenters. The van der Waals surface area contributed by atoms with Gasteiger partial charge in [0.25, 0.3) is 0 Å². The van der Waals surface area contributed by atoms with E-state index >= 15 is 0 Å². The molecule has 9 heteroatoms. The first-order chi connectivity index (χ1) is 6.99. The fourth-order valence-corrected chi connectivity index (χ4v) is 1.49. The van der Waals surface area contributed by atoms with Crippen molar-refractivity contribution in [2.45, 2.75) is 18.2 Å². The zero-order chi connectivity index (χ0) is 11.6. The van der Waals surface area contributed by atoms with Crippen molar-refractivity contribution in [1.82, 2.24) is 4.90 Å². The van der Waals surface area contributed by atoms with E-state index in [0.29, 0.717) is 4.90 Å². The van der Waals surface area contributed by atoms with Crippen LogP contribution in [0.25, 0.3) is 10.4 Å². The standard InChI is InChI=1S/C6H8N4O5/c7-9-8-3-2(11)1-10(6(14)15)4(3)5(12)13/h2-4,11H,1H2,(H,12,13)(H,14,15)/t2-,3+,4-/m0/s1. The summed E-state index contributed by atoms with van der Waals surface area (Å²) in [6, 6.07) is -2.82. The first kappa shape index (κ1) is 11.1. The number of aliphatic carboxylic acids is 1. The first-order valence-electron chi connectivity index (χ1n) is 3.93. The van der Waals surface area contributed by atoms with Gasteiger partial charge in [-0.15, -0.1) is 0 Å². The topological polar surface area (TPSA) is 147 Å². The molecular weight excluding hydrogens is 208 g/mol. The molecule has 1 fully saturated rings. The van der Waals surface area contributed by atoms with Crippen LogP contribution in [-0.4, -0.2) is 57.0 Å². The lowest BCUT2D eigenvalue weighted by Gasteiger charge is -2.18. The molecule has 0 aromatic rings. The molecule has 1 saturated heterocycles. The molecule has 1 heterocycles. The molecule has 9 nitrogen and oxygen atoms in total. The molecule has 0 spiro atoms. The summed E-state index contributed by atoms with van der Waals surface area (Å²) in [6.45, 7) is -0.379. The number of hydrogen-bond donors (Lipinski definition) is 3. The van der Waals surface area contributed by atoms with Crippen LogP contribution >= 0.6 is 0 Å². The molecule has 0 radical (unpaired) electrons. The van der Waals surface area contributed by atoms with Crippen LogP contribution in [0, 0.1) is 0 Å². The van der Waals surface area contributed by atoms with Gasteiger partial charge in [0.15, 0.2) is 0 Å². The SMILES string of the molecule is [N-]=[N+]=N[C@H]1[C@@H](C(=O)O)N(C(=O)O)C[C@@H]1O. The molecule has 1 rings (SSSR count). The zero-order valence-corrected chi connectivity index (χ0v) is 7.39. The van der Waals surface area contributed by atoms with Gasteiger partial charge < -0.3 is 15.3 Å². The highest BCUT2D eigenvalue weighted by atomic mass is 16.4. The molecule has 3 atom stereocenters. The zero-order valence-electron chi connectivity index (χ0n) is 7.39. The van der Waals surface area contributed by atoms with Crippen LogP contribution in [0.15, 0.2) is 5.11 Å². The third-order valence-corrected chi connectivity index (χ3v) is 2.12. The normalized spacial score (nSPS) is 29.7. The van der Waals surface area contributed by atoms with Gasteiger partial charge in [-0.2, -0.15) is 0 Å². The van der Waals surface area contributed by atoms with Crippen molar-refractivity contribution in [2.75, 3.05) is 6.54 Å². The lowest BCUT2D eigenvalue weighted by molar-refractivity contribution is -0.142. The van der Waals surface area contributed by atoms with Crippen molar-refractivity contribution in [1.29, 1.82) is 0 Å². The third-order valence-electron chi connectivity index (χ3n) is 2.12. The predicted octanol–water partition coefficient (Wildman–Crippen LogP) is -0.527. The Balaban J connectivity index is 3.02. The van der Waals surface area contributed by atoms with Crippen molar-refractivity contribution in [3.8, 4) is 0 Å². The Morgan fingerprint density at radius 1 is 1.47 bits per heavy atom. The minimum atomic E-state index is -1.53. The number of likely N-dealkylation sites (tertiary alicyclic amines) is 1. The van der Waals surface area contributed by atoms with Gasteiger partial charge in [0, 0.05) is 4.91 Å². The van der Waals surface area contributed by atoms with Crippen LogP contribution in [0.5, 0.6) is 0 Å². The van der Waals surface area contributed by atoms with Gasteiger partial charge in [-0.1, -0.05) is 5.11 Å². The van der Waals surface area contributed by atoms with E-state index in [1.165, 1.54) is 0 Å². The first-order valence-corrected chi connectivity index (χ1v) is 3.93. The molecule has 1 aliphatic rings. The van der Waals surface area contributed by atoms with Gasteiger partial charge in [-0.25, -0.2) is 9.59 Å². The molecule has 3 N–H and O–H groups in total. The van der Waals surface area contributed by atoms with Gasteiger partial charge in [-0.3, -0.25) is 4.90 Å². The van der Waals surface area contributed by atoms with Crippen LogP contribution in [0.4, 0.5) is 4.79 Å². The lowest BCUT2D eigenvalue weighted by atomic mass is 10.1.